The predicted octanol–water partition coefficient (Wildman–Crippen LogP) is 3.60. The molecule has 0 saturated carbocycles. The summed E-state index contributed by atoms with van der Waals surface area (Å²) in [4.78, 5) is 19.7. The van der Waals surface area contributed by atoms with E-state index in [1.165, 1.54) is 11.8 Å². The van der Waals surface area contributed by atoms with Crippen molar-refractivity contribution >= 4 is 28.9 Å². The lowest BCUT2D eigenvalue weighted by Gasteiger charge is -2.20. The molecule has 0 N–H and O–H groups in total. The number of amidine groups is 1. The molecule has 1 aromatic rings. The summed E-state index contributed by atoms with van der Waals surface area (Å²) >= 11 is 1.48. The molecule has 1 aromatic heterocycles. The van der Waals surface area contributed by atoms with Gasteiger partial charge in [0.2, 0.25) is 0 Å². The summed E-state index contributed by atoms with van der Waals surface area (Å²) in [6.07, 6.45) is 3.99. The Morgan fingerprint density at radius 1 is 1.33 bits per heavy atom. The minimum absolute atomic E-state index is 0.0539. The molecule has 0 atom stereocenters. The van der Waals surface area contributed by atoms with Gasteiger partial charge in [0, 0.05) is 30.5 Å². The number of rotatable bonds is 4. The predicted molar refractivity (Wildman–Crippen MR) is 90.2 cm³/mol. The highest BCUT2D eigenvalue weighted by Crippen LogP contribution is 2.34. The van der Waals surface area contributed by atoms with Crippen LogP contribution in [0.2, 0.25) is 0 Å². The Morgan fingerprint density at radius 3 is 2.62 bits per heavy atom. The molecule has 21 heavy (non-hydrogen) atoms. The zero-order valence-corrected chi connectivity index (χ0v) is 14.1. The lowest BCUT2D eigenvalue weighted by molar-refractivity contribution is -0.123. The fraction of sp³-hybridized carbons (Fsp3) is 0.500. The van der Waals surface area contributed by atoms with Gasteiger partial charge in [0.25, 0.3) is 5.91 Å². The molecule has 0 spiro atoms. The van der Waals surface area contributed by atoms with Gasteiger partial charge in [-0.1, -0.05) is 0 Å². The van der Waals surface area contributed by atoms with E-state index < -0.39 is 0 Å². The van der Waals surface area contributed by atoms with E-state index in [0.29, 0.717) is 0 Å². The molecular formula is C16H23N3OS. The topological polar surface area (TPSA) is 37.6 Å². The third-order valence-corrected chi connectivity index (χ3v) is 4.20. The van der Waals surface area contributed by atoms with Crippen LogP contribution in [-0.4, -0.2) is 32.6 Å². The third kappa shape index (κ3) is 3.40. The Labute approximate surface area is 130 Å². The Kier molecular flexibility index (Phi) is 4.93. The average molecular weight is 305 g/mol. The highest BCUT2D eigenvalue weighted by molar-refractivity contribution is 8.18. The lowest BCUT2D eigenvalue weighted by Crippen LogP contribution is -2.35. The van der Waals surface area contributed by atoms with Gasteiger partial charge >= 0.3 is 0 Å². The standard InChI is InChI=1S/C16H23N3OS/c1-6-18-9-7-8-13(18)10-14-15(20)19(12(4)5)16(21-14)17-11(2)3/h7-12H,6H2,1-5H3/b14-10+,17-16?. The summed E-state index contributed by atoms with van der Waals surface area (Å²) < 4.78 is 2.12. The Hall–Kier alpha value is -1.49. The SMILES string of the molecule is CCn1cccc1/C=C1/SC(=NC(C)C)N(C(C)C)C1=O. The summed E-state index contributed by atoms with van der Waals surface area (Å²) in [5.41, 5.74) is 1.06. The summed E-state index contributed by atoms with van der Waals surface area (Å²) in [6.45, 7) is 11.1. The molecule has 0 aromatic carbocycles. The van der Waals surface area contributed by atoms with Crippen LogP contribution in [0, 0.1) is 0 Å². The number of aliphatic imine (C=N–C) groups is 1. The third-order valence-electron chi connectivity index (χ3n) is 3.21. The van der Waals surface area contributed by atoms with Crippen LogP contribution in [0.1, 0.15) is 40.3 Å². The van der Waals surface area contributed by atoms with Gasteiger partial charge in [-0.05, 0) is 64.6 Å². The second-order valence-electron chi connectivity index (χ2n) is 5.60. The first-order valence-electron chi connectivity index (χ1n) is 7.40. The van der Waals surface area contributed by atoms with Crippen molar-refractivity contribution in [3.05, 3.63) is 28.9 Å². The van der Waals surface area contributed by atoms with Crippen LogP contribution in [0.25, 0.3) is 6.08 Å². The van der Waals surface area contributed by atoms with Crippen LogP contribution in [0.15, 0.2) is 28.2 Å². The molecule has 1 saturated heterocycles. The molecule has 1 fully saturated rings. The maximum atomic E-state index is 12.6. The molecule has 114 valence electrons. The number of aryl methyl sites for hydroxylation is 1. The van der Waals surface area contributed by atoms with Crippen molar-refractivity contribution in [3.8, 4) is 0 Å². The second-order valence-corrected chi connectivity index (χ2v) is 6.61. The van der Waals surface area contributed by atoms with E-state index in [4.69, 9.17) is 0 Å². The van der Waals surface area contributed by atoms with E-state index in [-0.39, 0.29) is 18.0 Å². The second kappa shape index (κ2) is 6.52. The van der Waals surface area contributed by atoms with E-state index in [1.807, 2.05) is 52.1 Å². The van der Waals surface area contributed by atoms with Gasteiger partial charge < -0.3 is 4.57 Å². The fourth-order valence-corrected chi connectivity index (χ4v) is 3.45. The first-order chi connectivity index (χ1) is 9.93. The number of aromatic nitrogens is 1. The summed E-state index contributed by atoms with van der Waals surface area (Å²) in [7, 11) is 0. The van der Waals surface area contributed by atoms with Crippen LogP contribution in [-0.2, 0) is 11.3 Å². The molecular weight excluding hydrogens is 282 g/mol. The van der Waals surface area contributed by atoms with Crippen LogP contribution >= 0.6 is 11.8 Å². The van der Waals surface area contributed by atoms with Crippen molar-refractivity contribution in [2.45, 2.75) is 53.2 Å². The number of carbonyl (C=O) groups is 1. The zero-order valence-electron chi connectivity index (χ0n) is 13.3. The van der Waals surface area contributed by atoms with Crippen LogP contribution in [0.5, 0.6) is 0 Å². The van der Waals surface area contributed by atoms with Gasteiger partial charge in [-0.15, -0.1) is 0 Å². The lowest BCUT2D eigenvalue weighted by atomic mass is 10.3. The highest BCUT2D eigenvalue weighted by Gasteiger charge is 2.35. The maximum absolute atomic E-state index is 12.6. The van der Waals surface area contributed by atoms with Gasteiger partial charge in [0.1, 0.15) is 0 Å². The summed E-state index contributed by atoms with van der Waals surface area (Å²) in [6, 6.07) is 4.33. The van der Waals surface area contributed by atoms with Gasteiger partial charge in [0.15, 0.2) is 5.17 Å². The van der Waals surface area contributed by atoms with E-state index in [2.05, 4.69) is 16.5 Å². The number of amides is 1. The largest absolute Gasteiger partial charge is 0.348 e. The molecule has 1 aliphatic heterocycles. The minimum atomic E-state index is 0.0539. The fourth-order valence-electron chi connectivity index (χ4n) is 2.23. The molecule has 0 radical (unpaired) electrons. The first-order valence-corrected chi connectivity index (χ1v) is 8.21. The molecule has 1 aliphatic rings. The molecule has 2 heterocycles. The van der Waals surface area contributed by atoms with Crippen LogP contribution in [0.4, 0.5) is 0 Å². The van der Waals surface area contributed by atoms with Gasteiger partial charge in [-0.2, -0.15) is 0 Å². The molecule has 0 bridgehead atoms. The molecule has 0 unspecified atom stereocenters. The van der Waals surface area contributed by atoms with Gasteiger partial charge in [0.05, 0.1) is 4.91 Å². The maximum Gasteiger partial charge on any atom is 0.267 e. The Balaban J connectivity index is 2.37. The quantitative estimate of drug-likeness (QED) is 0.797. The van der Waals surface area contributed by atoms with E-state index >= 15 is 0 Å². The van der Waals surface area contributed by atoms with Crippen molar-refractivity contribution < 1.29 is 4.79 Å². The number of carbonyl (C=O) groups excluding carboxylic acids is 1. The molecule has 5 heteroatoms. The molecule has 4 nitrogen and oxygen atoms in total. The Bertz CT molecular complexity index is 584. The molecule has 2 rings (SSSR count). The van der Waals surface area contributed by atoms with Crippen LogP contribution < -0.4 is 0 Å². The summed E-state index contributed by atoms with van der Waals surface area (Å²) in [5.74, 6) is 0.0539. The van der Waals surface area contributed by atoms with E-state index in [1.54, 1.807) is 4.90 Å². The van der Waals surface area contributed by atoms with E-state index in [9.17, 15) is 4.79 Å². The van der Waals surface area contributed by atoms with Crippen molar-refractivity contribution in [2.75, 3.05) is 0 Å². The van der Waals surface area contributed by atoms with Gasteiger partial charge in [-0.25, -0.2) is 0 Å². The molecule has 0 aliphatic carbocycles. The smallest absolute Gasteiger partial charge is 0.267 e. The number of hydrogen-bond donors (Lipinski definition) is 0. The normalized spacial score (nSPS) is 19.8. The zero-order chi connectivity index (χ0) is 15.6. The number of hydrogen-bond acceptors (Lipinski definition) is 3. The Morgan fingerprint density at radius 2 is 2.05 bits per heavy atom. The van der Waals surface area contributed by atoms with Crippen molar-refractivity contribution in [1.29, 1.82) is 0 Å². The molecule has 1 amide bonds. The van der Waals surface area contributed by atoms with Gasteiger partial charge in [-0.3, -0.25) is 14.7 Å². The van der Waals surface area contributed by atoms with Crippen molar-refractivity contribution in [2.24, 2.45) is 4.99 Å². The summed E-state index contributed by atoms with van der Waals surface area (Å²) in [5, 5.41) is 0.811. The highest BCUT2D eigenvalue weighted by atomic mass is 32.2. The minimum Gasteiger partial charge on any atom is -0.348 e. The number of thioether (sulfide) groups is 1. The average Bonchev–Trinajstić information content (AvgIpc) is 2.94. The van der Waals surface area contributed by atoms with Crippen molar-refractivity contribution in [3.63, 3.8) is 0 Å². The monoisotopic (exact) mass is 305 g/mol. The van der Waals surface area contributed by atoms with E-state index in [0.717, 1.165) is 22.3 Å². The van der Waals surface area contributed by atoms with Crippen molar-refractivity contribution in [1.82, 2.24) is 9.47 Å². The van der Waals surface area contributed by atoms with Crippen LogP contribution in [0.3, 0.4) is 0 Å². The first kappa shape index (κ1) is 15.9. The number of nitrogens with zero attached hydrogens (tertiary/aromatic N) is 3.